The van der Waals surface area contributed by atoms with E-state index in [0.717, 1.165) is 37.2 Å². The average molecular weight is 346 g/mol. The molecule has 2 nitrogen and oxygen atoms in total. The highest BCUT2D eigenvalue weighted by Gasteiger charge is 2.04. The van der Waals surface area contributed by atoms with E-state index in [0.29, 0.717) is 0 Å². The molecule has 2 heteroatoms. The van der Waals surface area contributed by atoms with Crippen LogP contribution < -0.4 is 9.47 Å². The molecule has 0 heterocycles. The molecule has 0 spiro atoms. The van der Waals surface area contributed by atoms with Crippen molar-refractivity contribution in [2.75, 3.05) is 14.2 Å². The predicted octanol–water partition coefficient (Wildman–Crippen LogP) is 5.27. The van der Waals surface area contributed by atoms with Crippen LogP contribution in [0.5, 0.6) is 11.5 Å². The fourth-order valence-corrected chi connectivity index (χ4v) is 3.19. The van der Waals surface area contributed by atoms with E-state index in [1.807, 2.05) is 24.3 Å². The lowest BCUT2D eigenvalue weighted by molar-refractivity contribution is 0.414. The summed E-state index contributed by atoms with van der Waals surface area (Å²) in [5.74, 6) is 1.82. The summed E-state index contributed by atoms with van der Waals surface area (Å²) in [6, 6.07) is 25.5. The molecule has 0 fully saturated rings. The average Bonchev–Trinajstić information content (AvgIpc) is 2.72. The molecule has 0 aromatic heterocycles. The number of hydrogen-bond donors (Lipinski definition) is 0. The molecule has 26 heavy (non-hydrogen) atoms. The molecular formula is C24H26O2. The molecule has 0 bridgehead atoms. The molecule has 0 saturated heterocycles. The Balaban J connectivity index is 1.61. The summed E-state index contributed by atoms with van der Waals surface area (Å²) in [4.78, 5) is 0. The van der Waals surface area contributed by atoms with Crippen molar-refractivity contribution in [3.05, 3.63) is 95.1 Å². The molecule has 0 amide bonds. The summed E-state index contributed by atoms with van der Waals surface area (Å²) >= 11 is 0. The Labute approximate surface area is 156 Å². The topological polar surface area (TPSA) is 18.5 Å². The Kier molecular flexibility index (Phi) is 6.32. The molecule has 134 valence electrons. The van der Waals surface area contributed by atoms with Gasteiger partial charge in [-0.15, -0.1) is 0 Å². The Morgan fingerprint density at radius 2 is 0.885 bits per heavy atom. The molecule has 0 aliphatic rings. The second kappa shape index (κ2) is 9.10. The van der Waals surface area contributed by atoms with E-state index in [-0.39, 0.29) is 0 Å². The zero-order valence-corrected chi connectivity index (χ0v) is 15.6. The van der Waals surface area contributed by atoms with Crippen molar-refractivity contribution in [3.63, 3.8) is 0 Å². The number of methoxy groups -OCH3 is 2. The molecule has 0 aliphatic carbocycles. The van der Waals surface area contributed by atoms with Gasteiger partial charge in [-0.25, -0.2) is 0 Å². The minimum atomic E-state index is 0.911. The van der Waals surface area contributed by atoms with Gasteiger partial charge in [-0.3, -0.25) is 0 Å². The lowest BCUT2D eigenvalue weighted by atomic mass is 9.95. The van der Waals surface area contributed by atoms with Crippen molar-refractivity contribution < 1.29 is 9.47 Å². The molecule has 3 rings (SSSR count). The van der Waals surface area contributed by atoms with Crippen molar-refractivity contribution in [2.24, 2.45) is 0 Å². The molecule has 0 atom stereocenters. The molecule has 0 radical (unpaired) electrons. The quantitative estimate of drug-likeness (QED) is 0.553. The maximum Gasteiger partial charge on any atom is 0.118 e. The summed E-state index contributed by atoms with van der Waals surface area (Å²) in [6.45, 7) is 0. The fourth-order valence-electron chi connectivity index (χ4n) is 3.19. The van der Waals surface area contributed by atoms with Crippen LogP contribution in [0.25, 0.3) is 0 Å². The number of aryl methyl sites for hydroxylation is 4. The Bertz CT molecular complexity index is 734. The SMILES string of the molecule is COc1ccc(CCc2ccccc2CCc2ccc(OC)cc2)cc1. The third-order valence-electron chi connectivity index (χ3n) is 4.80. The highest BCUT2D eigenvalue weighted by Crippen LogP contribution is 2.18. The van der Waals surface area contributed by atoms with Crippen LogP contribution in [0, 0.1) is 0 Å². The normalized spacial score (nSPS) is 10.5. The summed E-state index contributed by atoms with van der Waals surface area (Å²) in [6.07, 6.45) is 4.21. The maximum atomic E-state index is 5.23. The van der Waals surface area contributed by atoms with Gasteiger partial charge in [-0.2, -0.15) is 0 Å². The first-order chi connectivity index (χ1) is 12.8. The van der Waals surface area contributed by atoms with Gasteiger partial charge in [0.1, 0.15) is 11.5 Å². The van der Waals surface area contributed by atoms with Crippen molar-refractivity contribution in [2.45, 2.75) is 25.7 Å². The van der Waals surface area contributed by atoms with Crippen LogP contribution in [-0.4, -0.2) is 14.2 Å². The number of benzene rings is 3. The van der Waals surface area contributed by atoms with Crippen LogP contribution in [0.1, 0.15) is 22.3 Å². The molecule has 0 N–H and O–H groups in total. The number of ether oxygens (including phenoxy) is 2. The van der Waals surface area contributed by atoms with Gasteiger partial charge in [-0.1, -0.05) is 48.5 Å². The van der Waals surface area contributed by atoms with E-state index >= 15 is 0 Å². The second-order valence-electron chi connectivity index (χ2n) is 6.46. The second-order valence-corrected chi connectivity index (χ2v) is 6.46. The lowest BCUT2D eigenvalue weighted by Gasteiger charge is -2.10. The van der Waals surface area contributed by atoms with Gasteiger partial charge in [0.05, 0.1) is 14.2 Å². The molecule has 0 aliphatic heterocycles. The predicted molar refractivity (Wildman–Crippen MR) is 107 cm³/mol. The molecule has 0 unspecified atom stereocenters. The minimum absolute atomic E-state index is 0.911. The Hall–Kier alpha value is -2.74. The first-order valence-corrected chi connectivity index (χ1v) is 9.11. The van der Waals surface area contributed by atoms with Crippen LogP contribution in [0.15, 0.2) is 72.8 Å². The van der Waals surface area contributed by atoms with Gasteiger partial charge in [0, 0.05) is 0 Å². The van der Waals surface area contributed by atoms with Gasteiger partial charge in [0.2, 0.25) is 0 Å². The van der Waals surface area contributed by atoms with Crippen molar-refractivity contribution in [3.8, 4) is 11.5 Å². The van der Waals surface area contributed by atoms with Gasteiger partial charge < -0.3 is 9.47 Å². The zero-order chi connectivity index (χ0) is 18.2. The van der Waals surface area contributed by atoms with Crippen LogP contribution in [0.2, 0.25) is 0 Å². The summed E-state index contributed by atoms with van der Waals surface area (Å²) < 4.78 is 10.5. The van der Waals surface area contributed by atoms with Crippen molar-refractivity contribution in [1.29, 1.82) is 0 Å². The van der Waals surface area contributed by atoms with Gasteiger partial charge >= 0.3 is 0 Å². The molecule has 3 aromatic rings. The summed E-state index contributed by atoms with van der Waals surface area (Å²) in [7, 11) is 3.40. The molecular weight excluding hydrogens is 320 g/mol. The van der Waals surface area contributed by atoms with Crippen LogP contribution in [0.3, 0.4) is 0 Å². The third kappa shape index (κ3) is 4.89. The Morgan fingerprint density at radius 3 is 1.23 bits per heavy atom. The minimum Gasteiger partial charge on any atom is -0.497 e. The van der Waals surface area contributed by atoms with Gasteiger partial charge in [-0.05, 0) is 72.2 Å². The van der Waals surface area contributed by atoms with Crippen molar-refractivity contribution in [1.82, 2.24) is 0 Å². The fraction of sp³-hybridized carbons (Fsp3) is 0.250. The van der Waals surface area contributed by atoms with Crippen LogP contribution >= 0.6 is 0 Å². The molecule has 0 saturated carbocycles. The standard InChI is InChI=1S/C24H26O2/c1-25-23-15-9-19(10-16-23)7-13-21-5-3-4-6-22(21)14-8-20-11-17-24(26-2)18-12-20/h3-6,9-12,15-18H,7-8,13-14H2,1-2H3. The van der Waals surface area contributed by atoms with E-state index in [1.54, 1.807) is 14.2 Å². The Morgan fingerprint density at radius 1 is 0.500 bits per heavy atom. The largest absolute Gasteiger partial charge is 0.497 e. The van der Waals surface area contributed by atoms with Crippen LogP contribution in [-0.2, 0) is 25.7 Å². The number of hydrogen-bond acceptors (Lipinski definition) is 2. The smallest absolute Gasteiger partial charge is 0.118 e. The first-order valence-electron chi connectivity index (χ1n) is 9.11. The lowest BCUT2D eigenvalue weighted by Crippen LogP contribution is -1.99. The van der Waals surface area contributed by atoms with E-state index < -0.39 is 0 Å². The van der Waals surface area contributed by atoms with Crippen molar-refractivity contribution >= 4 is 0 Å². The van der Waals surface area contributed by atoms with Gasteiger partial charge in [0.15, 0.2) is 0 Å². The third-order valence-corrected chi connectivity index (χ3v) is 4.80. The number of rotatable bonds is 8. The van der Waals surface area contributed by atoms with Crippen LogP contribution in [0.4, 0.5) is 0 Å². The highest BCUT2D eigenvalue weighted by atomic mass is 16.5. The molecule has 3 aromatic carbocycles. The van der Waals surface area contributed by atoms with E-state index in [1.165, 1.54) is 22.3 Å². The first kappa shape index (κ1) is 18.1. The van der Waals surface area contributed by atoms with E-state index in [2.05, 4.69) is 48.5 Å². The summed E-state index contributed by atoms with van der Waals surface area (Å²) in [5.41, 5.74) is 5.57. The zero-order valence-electron chi connectivity index (χ0n) is 15.6. The highest BCUT2D eigenvalue weighted by molar-refractivity contribution is 5.32. The van der Waals surface area contributed by atoms with Gasteiger partial charge in [0.25, 0.3) is 0 Å². The van der Waals surface area contributed by atoms with E-state index in [4.69, 9.17) is 9.47 Å². The monoisotopic (exact) mass is 346 g/mol. The maximum absolute atomic E-state index is 5.23. The summed E-state index contributed by atoms with van der Waals surface area (Å²) in [5, 5.41) is 0. The van der Waals surface area contributed by atoms with E-state index in [9.17, 15) is 0 Å².